The van der Waals surface area contributed by atoms with E-state index in [4.69, 9.17) is 4.74 Å². The third kappa shape index (κ3) is 4.12. The van der Waals surface area contributed by atoms with E-state index in [0.717, 1.165) is 12.8 Å². The number of carbonyl (C=O) groups excluding carboxylic acids is 2. The van der Waals surface area contributed by atoms with Crippen molar-refractivity contribution < 1.29 is 14.3 Å². The van der Waals surface area contributed by atoms with Crippen molar-refractivity contribution in [3.05, 3.63) is 0 Å². The van der Waals surface area contributed by atoms with E-state index in [-0.39, 0.29) is 24.4 Å². The van der Waals surface area contributed by atoms with E-state index < -0.39 is 11.4 Å². The number of hydrogen-bond acceptors (Lipinski definition) is 6. The van der Waals surface area contributed by atoms with Crippen LogP contribution >= 0.6 is 23.5 Å². The SMILES string of the molecule is CC(C)[C@@](C)(C#N)NC(=O)COC(=O)C1C[C@H]2CCC[C@@H](C1)C21SCCS1. The summed E-state index contributed by atoms with van der Waals surface area (Å²) in [4.78, 5) is 24.8. The number of hydrogen-bond donors (Lipinski definition) is 1. The fourth-order valence-corrected chi connectivity index (χ4v) is 8.62. The van der Waals surface area contributed by atoms with Crippen molar-refractivity contribution in [2.75, 3.05) is 18.1 Å². The Hall–Kier alpha value is -0.870. The second kappa shape index (κ2) is 8.24. The molecule has 4 atom stereocenters. The van der Waals surface area contributed by atoms with E-state index in [1.807, 2.05) is 13.8 Å². The summed E-state index contributed by atoms with van der Waals surface area (Å²) in [6.45, 7) is 5.15. The summed E-state index contributed by atoms with van der Waals surface area (Å²) in [7, 11) is 0. The Bertz CT molecular complexity index is 611. The summed E-state index contributed by atoms with van der Waals surface area (Å²) in [5.74, 6) is 2.84. The monoisotopic (exact) mass is 410 g/mol. The molecule has 27 heavy (non-hydrogen) atoms. The van der Waals surface area contributed by atoms with Crippen LogP contribution in [0, 0.1) is 35.0 Å². The van der Waals surface area contributed by atoms with Gasteiger partial charge in [0.15, 0.2) is 6.61 Å². The molecule has 1 amide bonds. The molecule has 1 unspecified atom stereocenters. The summed E-state index contributed by atoms with van der Waals surface area (Å²) >= 11 is 4.23. The minimum Gasteiger partial charge on any atom is -0.455 e. The first-order chi connectivity index (χ1) is 12.8. The van der Waals surface area contributed by atoms with Crippen LogP contribution in [0.1, 0.15) is 52.9 Å². The fraction of sp³-hybridized carbons (Fsp3) is 0.850. The molecule has 1 N–H and O–H groups in total. The van der Waals surface area contributed by atoms with Gasteiger partial charge in [0.1, 0.15) is 5.54 Å². The quantitative estimate of drug-likeness (QED) is 0.698. The number of rotatable bonds is 5. The van der Waals surface area contributed by atoms with Crippen molar-refractivity contribution in [2.24, 2.45) is 23.7 Å². The zero-order valence-electron chi connectivity index (χ0n) is 16.5. The normalized spacial score (nSPS) is 31.1. The molecule has 1 saturated heterocycles. The summed E-state index contributed by atoms with van der Waals surface area (Å²) in [5.41, 5.74) is -0.950. The summed E-state index contributed by atoms with van der Waals surface area (Å²) in [6, 6.07) is 2.14. The summed E-state index contributed by atoms with van der Waals surface area (Å²) in [6.07, 6.45) is 5.45. The molecule has 2 saturated carbocycles. The highest BCUT2D eigenvalue weighted by molar-refractivity contribution is 8.21. The molecule has 3 rings (SSSR count). The topological polar surface area (TPSA) is 79.2 Å². The van der Waals surface area contributed by atoms with E-state index in [0.29, 0.717) is 15.9 Å². The Labute approximate surface area is 170 Å². The first kappa shape index (κ1) is 20.9. The van der Waals surface area contributed by atoms with Gasteiger partial charge in [-0.25, -0.2) is 0 Å². The predicted octanol–water partition coefficient (Wildman–Crippen LogP) is 3.59. The standard InChI is InChI=1S/C20H30N2O3S2/c1-13(2)19(3,12-21)22-17(23)11-25-18(24)14-9-15-5-4-6-16(10-14)20(15)26-7-8-27-20/h13-16H,4-11H2,1-3H3,(H,22,23)/t14?,15-,16+,19-/m1/s1. The second-order valence-electron chi connectivity index (χ2n) is 8.54. The zero-order valence-corrected chi connectivity index (χ0v) is 18.1. The number of carbonyl (C=O) groups is 2. The average molecular weight is 411 g/mol. The Kier molecular flexibility index (Phi) is 6.37. The lowest BCUT2D eigenvalue weighted by atomic mass is 9.67. The van der Waals surface area contributed by atoms with E-state index in [1.54, 1.807) is 6.92 Å². The van der Waals surface area contributed by atoms with E-state index in [9.17, 15) is 14.9 Å². The van der Waals surface area contributed by atoms with E-state index in [2.05, 4.69) is 34.9 Å². The van der Waals surface area contributed by atoms with Crippen molar-refractivity contribution in [3.63, 3.8) is 0 Å². The molecule has 1 aliphatic heterocycles. The highest BCUT2D eigenvalue weighted by Gasteiger charge is 2.55. The van der Waals surface area contributed by atoms with Crippen LogP contribution < -0.4 is 5.32 Å². The van der Waals surface area contributed by atoms with Gasteiger partial charge in [-0.2, -0.15) is 5.26 Å². The zero-order chi connectivity index (χ0) is 19.7. The fourth-order valence-electron chi connectivity index (χ4n) is 4.68. The van der Waals surface area contributed by atoms with Gasteiger partial charge in [-0.15, -0.1) is 23.5 Å². The highest BCUT2D eigenvalue weighted by atomic mass is 32.2. The van der Waals surface area contributed by atoms with Crippen LogP contribution in [0.25, 0.3) is 0 Å². The van der Waals surface area contributed by atoms with E-state index in [1.165, 1.54) is 30.8 Å². The van der Waals surface area contributed by atoms with Crippen molar-refractivity contribution in [3.8, 4) is 6.07 Å². The lowest BCUT2D eigenvalue weighted by Crippen LogP contribution is -2.50. The Balaban J connectivity index is 1.54. The lowest BCUT2D eigenvalue weighted by Gasteiger charge is -2.51. The summed E-state index contributed by atoms with van der Waals surface area (Å²) < 4.78 is 5.69. The van der Waals surface area contributed by atoms with Crippen LogP contribution in [0.5, 0.6) is 0 Å². The average Bonchev–Trinajstić information content (AvgIpc) is 3.08. The van der Waals surface area contributed by atoms with Crippen molar-refractivity contribution in [1.82, 2.24) is 5.32 Å². The maximum absolute atomic E-state index is 12.6. The minimum atomic E-state index is -0.950. The molecule has 3 aliphatic rings. The van der Waals surface area contributed by atoms with Gasteiger partial charge in [-0.3, -0.25) is 9.59 Å². The van der Waals surface area contributed by atoms with Crippen LogP contribution in [0.15, 0.2) is 0 Å². The third-order valence-electron chi connectivity index (χ3n) is 6.58. The van der Waals surface area contributed by atoms with Gasteiger partial charge < -0.3 is 10.1 Å². The molecule has 0 aromatic rings. The molecular weight excluding hydrogens is 380 g/mol. The van der Waals surface area contributed by atoms with Gasteiger partial charge in [0.05, 0.1) is 16.1 Å². The smallest absolute Gasteiger partial charge is 0.309 e. The molecule has 1 spiro atoms. The van der Waals surface area contributed by atoms with Crippen LogP contribution in [-0.2, 0) is 14.3 Å². The number of amides is 1. The number of nitriles is 1. The van der Waals surface area contributed by atoms with E-state index >= 15 is 0 Å². The number of esters is 1. The minimum absolute atomic E-state index is 0.0301. The molecule has 0 aromatic carbocycles. The molecule has 1 heterocycles. The predicted molar refractivity (Wildman–Crippen MR) is 109 cm³/mol. The molecule has 3 fully saturated rings. The van der Waals surface area contributed by atoms with Crippen LogP contribution in [0.2, 0.25) is 0 Å². The van der Waals surface area contributed by atoms with Crippen molar-refractivity contribution >= 4 is 35.4 Å². The molecule has 7 heteroatoms. The summed E-state index contributed by atoms with van der Waals surface area (Å²) in [5, 5.41) is 12.0. The maximum atomic E-state index is 12.6. The molecule has 5 nitrogen and oxygen atoms in total. The highest BCUT2D eigenvalue weighted by Crippen LogP contribution is 2.64. The van der Waals surface area contributed by atoms with Gasteiger partial charge in [0.2, 0.25) is 0 Å². The lowest BCUT2D eigenvalue weighted by molar-refractivity contribution is -0.155. The van der Waals surface area contributed by atoms with Crippen molar-refractivity contribution in [1.29, 1.82) is 5.26 Å². The van der Waals surface area contributed by atoms with Gasteiger partial charge in [-0.1, -0.05) is 20.3 Å². The molecule has 0 radical (unpaired) electrons. The van der Waals surface area contributed by atoms with Crippen LogP contribution in [0.3, 0.4) is 0 Å². The maximum Gasteiger partial charge on any atom is 0.309 e. The van der Waals surface area contributed by atoms with Gasteiger partial charge in [0.25, 0.3) is 5.91 Å². The Morgan fingerprint density at radius 2 is 1.85 bits per heavy atom. The Morgan fingerprint density at radius 1 is 1.26 bits per heavy atom. The third-order valence-corrected chi connectivity index (χ3v) is 10.6. The number of nitrogens with one attached hydrogen (secondary N) is 1. The number of nitrogens with zero attached hydrogens (tertiary/aromatic N) is 1. The molecular formula is C20H30N2O3S2. The van der Waals surface area contributed by atoms with Gasteiger partial charge >= 0.3 is 5.97 Å². The first-order valence-electron chi connectivity index (χ1n) is 9.97. The molecule has 150 valence electrons. The van der Waals surface area contributed by atoms with Crippen LogP contribution in [0.4, 0.5) is 0 Å². The van der Waals surface area contributed by atoms with Crippen molar-refractivity contribution in [2.45, 2.75) is 62.5 Å². The molecule has 2 bridgehead atoms. The van der Waals surface area contributed by atoms with Gasteiger partial charge in [0, 0.05) is 11.5 Å². The molecule has 2 aliphatic carbocycles. The largest absolute Gasteiger partial charge is 0.455 e. The second-order valence-corrected chi connectivity index (χ2v) is 11.5. The Morgan fingerprint density at radius 3 is 2.37 bits per heavy atom. The molecule has 0 aromatic heterocycles. The van der Waals surface area contributed by atoms with Crippen LogP contribution in [-0.4, -0.2) is 39.6 Å². The number of ether oxygens (including phenoxy) is 1. The first-order valence-corrected chi connectivity index (χ1v) is 11.9. The van der Waals surface area contributed by atoms with Gasteiger partial charge in [-0.05, 0) is 50.4 Å². The number of thioether (sulfide) groups is 2.